The lowest BCUT2D eigenvalue weighted by atomic mass is 10.1. The van der Waals surface area contributed by atoms with Crippen molar-refractivity contribution in [2.75, 3.05) is 18.0 Å². The number of thioether (sulfide) groups is 1. The first-order chi connectivity index (χ1) is 14.9. The fraction of sp³-hybridized carbons (Fsp3) is 0.545. The summed E-state index contributed by atoms with van der Waals surface area (Å²) in [6, 6.07) is 4.33. The van der Waals surface area contributed by atoms with E-state index < -0.39 is 10.7 Å². The molecular formula is C22H30N4O3S2. The van der Waals surface area contributed by atoms with E-state index in [1.807, 2.05) is 17.5 Å². The fourth-order valence-corrected chi connectivity index (χ4v) is 5.29. The van der Waals surface area contributed by atoms with E-state index in [1.54, 1.807) is 20.0 Å². The summed E-state index contributed by atoms with van der Waals surface area (Å²) in [6.45, 7) is 7.21. The molecule has 0 spiro atoms. The average molecular weight is 463 g/mol. The van der Waals surface area contributed by atoms with Crippen molar-refractivity contribution in [2.24, 2.45) is 0 Å². The highest BCUT2D eigenvalue weighted by atomic mass is 32.2. The molecule has 3 heterocycles. The number of carboxylic acids is 1. The van der Waals surface area contributed by atoms with Gasteiger partial charge in [-0.05, 0) is 32.4 Å². The third kappa shape index (κ3) is 6.67. The van der Waals surface area contributed by atoms with Crippen molar-refractivity contribution in [3.8, 4) is 0 Å². The number of aromatic nitrogens is 3. The molecule has 3 aromatic rings. The normalized spacial score (nSPS) is 11.8. The zero-order chi connectivity index (χ0) is 22.3. The van der Waals surface area contributed by atoms with E-state index in [4.69, 9.17) is 4.42 Å². The molecule has 0 unspecified atom stereocenters. The fourth-order valence-electron chi connectivity index (χ4n) is 3.06. The van der Waals surface area contributed by atoms with Gasteiger partial charge in [-0.1, -0.05) is 44.4 Å². The van der Waals surface area contributed by atoms with Gasteiger partial charge in [0, 0.05) is 31.1 Å². The molecular weight excluding hydrogens is 432 g/mol. The van der Waals surface area contributed by atoms with Crippen molar-refractivity contribution in [1.29, 1.82) is 0 Å². The summed E-state index contributed by atoms with van der Waals surface area (Å²) in [4.78, 5) is 27.0. The molecule has 9 heteroatoms. The highest BCUT2D eigenvalue weighted by molar-refractivity contribution is 8.02. The molecule has 31 heavy (non-hydrogen) atoms. The van der Waals surface area contributed by atoms with Gasteiger partial charge in [-0.15, -0.1) is 11.3 Å². The maximum Gasteiger partial charge on any atom is 0.319 e. The molecule has 0 aliphatic heterocycles. The van der Waals surface area contributed by atoms with Crippen LogP contribution >= 0.6 is 23.1 Å². The first-order valence-corrected chi connectivity index (χ1v) is 12.4. The van der Waals surface area contributed by atoms with Crippen molar-refractivity contribution < 1.29 is 14.3 Å². The molecule has 0 aromatic carbocycles. The Morgan fingerprint density at radius 1 is 1.23 bits per heavy atom. The van der Waals surface area contributed by atoms with E-state index in [-0.39, 0.29) is 0 Å². The molecule has 0 bridgehead atoms. The first kappa shape index (κ1) is 23.5. The Balaban J connectivity index is 1.65. The number of fused-ring (bicyclic) bond motifs is 1. The van der Waals surface area contributed by atoms with Gasteiger partial charge in [-0.25, -0.2) is 9.97 Å². The van der Waals surface area contributed by atoms with Gasteiger partial charge in [0.1, 0.15) is 4.75 Å². The predicted molar refractivity (Wildman–Crippen MR) is 126 cm³/mol. The Morgan fingerprint density at radius 3 is 2.77 bits per heavy atom. The Hall–Kier alpha value is -2.13. The van der Waals surface area contributed by atoms with E-state index >= 15 is 0 Å². The maximum atomic E-state index is 11.4. The largest absolute Gasteiger partial charge is 0.480 e. The van der Waals surface area contributed by atoms with E-state index in [0.29, 0.717) is 17.2 Å². The summed E-state index contributed by atoms with van der Waals surface area (Å²) >= 11 is 2.78. The lowest BCUT2D eigenvalue weighted by Gasteiger charge is -2.20. The molecule has 0 fully saturated rings. The molecule has 0 aliphatic carbocycles. The second kappa shape index (κ2) is 10.9. The third-order valence-electron chi connectivity index (χ3n) is 4.98. The smallest absolute Gasteiger partial charge is 0.319 e. The molecule has 0 atom stereocenters. The van der Waals surface area contributed by atoms with E-state index in [1.165, 1.54) is 48.8 Å². The van der Waals surface area contributed by atoms with E-state index in [9.17, 15) is 9.90 Å². The third-order valence-corrected chi connectivity index (χ3v) is 7.15. The van der Waals surface area contributed by atoms with Crippen molar-refractivity contribution >= 4 is 46.3 Å². The minimum absolute atomic E-state index is 0.598. The standard InChI is InChI=1S/C22H30N4O3S2/c1-4-5-6-7-8-13-26(20-25-18-17(29-20)10-9-12-23-18)14-11-16-15-30-21(24-16)31-22(2,3)19(27)28/h9-10,12,15H,4-8,11,13-14H2,1-3H3,(H,27,28). The Labute approximate surface area is 191 Å². The summed E-state index contributed by atoms with van der Waals surface area (Å²) in [5, 5.41) is 11.3. The first-order valence-electron chi connectivity index (χ1n) is 10.7. The summed E-state index contributed by atoms with van der Waals surface area (Å²) in [5.41, 5.74) is 2.27. The number of thiazole rings is 1. The Morgan fingerprint density at radius 2 is 2.03 bits per heavy atom. The van der Waals surface area contributed by atoms with Crippen LogP contribution in [0.1, 0.15) is 58.6 Å². The van der Waals surface area contributed by atoms with Crippen LogP contribution in [0.5, 0.6) is 0 Å². The molecule has 7 nitrogen and oxygen atoms in total. The number of aliphatic carboxylic acids is 1. The second-order valence-corrected chi connectivity index (χ2v) is 10.7. The van der Waals surface area contributed by atoms with Crippen LogP contribution in [-0.4, -0.2) is 43.9 Å². The molecule has 168 valence electrons. The Kier molecular flexibility index (Phi) is 8.31. The molecule has 0 amide bonds. The van der Waals surface area contributed by atoms with Crippen LogP contribution in [0, 0.1) is 0 Å². The Bertz CT molecular complexity index is 953. The number of rotatable bonds is 13. The zero-order valence-electron chi connectivity index (χ0n) is 18.3. The van der Waals surface area contributed by atoms with Crippen molar-refractivity contribution in [2.45, 2.75) is 68.4 Å². The van der Waals surface area contributed by atoms with Gasteiger partial charge in [0.05, 0.1) is 5.69 Å². The number of carboxylic acid groups (broad SMARTS) is 1. The summed E-state index contributed by atoms with van der Waals surface area (Å²) in [6.07, 6.45) is 8.46. The van der Waals surface area contributed by atoms with Crippen molar-refractivity contribution in [1.82, 2.24) is 15.0 Å². The molecule has 1 N–H and O–H groups in total. The van der Waals surface area contributed by atoms with E-state index in [0.717, 1.165) is 36.0 Å². The van der Waals surface area contributed by atoms with Crippen LogP contribution in [0.3, 0.4) is 0 Å². The molecule has 0 aliphatic rings. The second-order valence-electron chi connectivity index (χ2n) is 8.00. The minimum Gasteiger partial charge on any atom is -0.480 e. The summed E-state index contributed by atoms with van der Waals surface area (Å²) in [7, 11) is 0. The number of unbranched alkanes of at least 4 members (excludes halogenated alkanes) is 4. The number of nitrogens with zero attached hydrogens (tertiary/aromatic N) is 4. The highest BCUT2D eigenvalue weighted by Gasteiger charge is 2.29. The lowest BCUT2D eigenvalue weighted by molar-refractivity contribution is -0.138. The van der Waals surface area contributed by atoms with Crippen LogP contribution in [0.2, 0.25) is 0 Å². The van der Waals surface area contributed by atoms with E-state index in [2.05, 4.69) is 26.8 Å². The van der Waals surface area contributed by atoms with Crippen LogP contribution < -0.4 is 4.90 Å². The van der Waals surface area contributed by atoms with Gasteiger partial charge in [0.2, 0.25) is 5.65 Å². The number of hydrogen-bond acceptors (Lipinski definition) is 8. The molecule has 0 radical (unpaired) electrons. The number of hydrogen-bond donors (Lipinski definition) is 1. The van der Waals surface area contributed by atoms with Gasteiger partial charge in [-0.3, -0.25) is 4.79 Å². The zero-order valence-corrected chi connectivity index (χ0v) is 20.0. The molecule has 0 saturated carbocycles. The van der Waals surface area contributed by atoms with Gasteiger partial charge in [0.15, 0.2) is 9.92 Å². The van der Waals surface area contributed by atoms with Crippen molar-refractivity contribution in [3.63, 3.8) is 0 Å². The maximum absolute atomic E-state index is 11.4. The van der Waals surface area contributed by atoms with Gasteiger partial charge in [-0.2, -0.15) is 4.98 Å². The predicted octanol–water partition coefficient (Wildman–Crippen LogP) is 5.65. The van der Waals surface area contributed by atoms with Gasteiger partial charge >= 0.3 is 5.97 Å². The lowest BCUT2D eigenvalue weighted by Crippen LogP contribution is -2.27. The SMILES string of the molecule is CCCCCCCN(CCc1csc(SC(C)(C)C(=O)O)n1)c1nc2ncccc2o1. The number of oxazole rings is 1. The summed E-state index contributed by atoms with van der Waals surface area (Å²) < 4.78 is 5.84. The van der Waals surface area contributed by atoms with Gasteiger partial charge < -0.3 is 14.4 Å². The topological polar surface area (TPSA) is 92.4 Å². The minimum atomic E-state index is -0.898. The van der Waals surface area contributed by atoms with Crippen LogP contribution in [0.15, 0.2) is 32.5 Å². The quantitative estimate of drug-likeness (QED) is 0.257. The highest BCUT2D eigenvalue weighted by Crippen LogP contribution is 2.34. The molecule has 0 saturated heterocycles. The summed E-state index contributed by atoms with van der Waals surface area (Å²) in [5.74, 6) is -0.840. The van der Waals surface area contributed by atoms with Crippen LogP contribution in [0.4, 0.5) is 6.01 Å². The van der Waals surface area contributed by atoms with Crippen molar-refractivity contribution in [3.05, 3.63) is 29.4 Å². The average Bonchev–Trinajstić information content (AvgIpc) is 3.36. The monoisotopic (exact) mass is 462 g/mol. The molecule has 3 rings (SSSR count). The van der Waals surface area contributed by atoms with Crippen LogP contribution in [-0.2, 0) is 11.2 Å². The number of carbonyl (C=O) groups is 1. The van der Waals surface area contributed by atoms with Gasteiger partial charge in [0.25, 0.3) is 6.01 Å². The molecule has 3 aromatic heterocycles. The van der Waals surface area contributed by atoms with Crippen LogP contribution in [0.25, 0.3) is 11.2 Å². The number of pyridine rings is 1. The number of anilines is 1.